The average Bonchev–Trinajstić information content (AvgIpc) is 3.03. The molecular formula is C14H18F2O3. The fourth-order valence-corrected chi connectivity index (χ4v) is 5.51. The molecule has 4 saturated carbocycles. The van der Waals surface area contributed by atoms with E-state index in [1.165, 1.54) is 6.92 Å². The predicted octanol–water partition coefficient (Wildman–Crippen LogP) is 1.98. The van der Waals surface area contributed by atoms with Gasteiger partial charge in [0.05, 0.1) is 6.61 Å². The number of rotatable bonds is 3. The van der Waals surface area contributed by atoms with Crippen molar-refractivity contribution in [2.45, 2.75) is 44.1 Å². The molecule has 2 bridgehead atoms. The van der Waals surface area contributed by atoms with Crippen molar-refractivity contribution in [2.24, 2.45) is 29.1 Å². The van der Waals surface area contributed by atoms with Crippen LogP contribution in [0.3, 0.4) is 0 Å². The molecule has 1 spiro atoms. The number of fused-ring (bicyclic) bond motifs is 1. The van der Waals surface area contributed by atoms with Crippen LogP contribution in [0.1, 0.15) is 32.6 Å². The average molecular weight is 272 g/mol. The first-order valence-electron chi connectivity index (χ1n) is 7.15. The number of aliphatic hydroxyl groups is 1. The van der Waals surface area contributed by atoms with Gasteiger partial charge in [-0.15, -0.1) is 0 Å². The summed E-state index contributed by atoms with van der Waals surface area (Å²) in [7, 11) is 0. The largest absolute Gasteiger partial charge is 0.461 e. The van der Waals surface area contributed by atoms with Crippen molar-refractivity contribution in [3.8, 4) is 0 Å². The molecule has 0 aliphatic heterocycles. The second-order valence-electron chi connectivity index (χ2n) is 6.84. The van der Waals surface area contributed by atoms with Crippen molar-refractivity contribution in [1.29, 1.82) is 0 Å². The lowest BCUT2D eigenvalue weighted by Crippen LogP contribution is -2.62. The van der Waals surface area contributed by atoms with Crippen LogP contribution in [-0.2, 0) is 9.53 Å². The van der Waals surface area contributed by atoms with Crippen LogP contribution >= 0.6 is 0 Å². The Labute approximate surface area is 110 Å². The zero-order valence-electron chi connectivity index (χ0n) is 10.9. The molecule has 0 aromatic rings. The first kappa shape index (κ1) is 12.1. The van der Waals surface area contributed by atoms with Crippen molar-refractivity contribution < 1.29 is 23.4 Å². The van der Waals surface area contributed by atoms with Crippen LogP contribution in [0.15, 0.2) is 0 Å². The minimum absolute atomic E-state index is 0.0875. The fourth-order valence-electron chi connectivity index (χ4n) is 5.51. The highest BCUT2D eigenvalue weighted by Crippen LogP contribution is 2.84. The molecule has 19 heavy (non-hydrogen) atoms. The first-order chi connectivity index (χ1) is 8.88. The van der Waals surface area contributed by atoms with Gasteiger partial charge in [-0.05, 0) is 61.7 Å². The Hall–Kier alpha value is -0.710. The Bertz CT molecular complexity index is 457. The van der Waals surface area contributed by atoms with E-state index >= 15 is 0 Å². The Morgan fingerprint density at radius 2 is 2.05 bits per heavy atom. The van der Waals surface area contributed by atoms with E-state index in [1.54, 1.807) is 0 Å². The Kier molecular flexibility index (Phi) is 1.99. The van der Waals surface area contributed by atoms with Gasteiger partial charge in [0.15, 0.2) is 0 Å². The summed E-state index contributed by atoms with van der Waals surface area (Å²) in [5, 5.41) is 10.7. The molecule has 0 aromatic heterocycles. The second-order valence-corrected chi connectivity index (χ2v) is 6.84. The number of carbonyl (C=O) groups is 1. The van der Waals surface area contributed by atoms with Crippen molar-refractivity contribution in [3.63, 3.8) is 0 Å². The maximum atomic E-state index is 14.4. The summed E-state index contributed by atoms with van der Waals surface area (Å²) in [6.45, 7) is 1.41. The number of ether oxygens (including phenoxy) is 1. The van der Waals surface area contributed by atoms with E-state index in [0.717, 1.165) is 6.42 Å². The van der Waals surface area contributed by atoms with Crippen LogP contribution in [0.25, 0.3) is 0 Å². The zero-order valence-corrected chi connectivity index (χ0v) is 10.9. The van der Waals surface area contributed by atoms with E-state index in [-0.39, 0.29) is 17.9 Å². The molecular weight excluding hydrogens is 254 g/mol. The van der Waals surface area contributed by atoms with Crippen molar-refractivity contribution in [1.82, 2.24) is 0 Å². The van der Waals surface area contributed by atoms with Gasteiger partial charge < -0.3 is 9.84 Å². The van der Waals surface area contributed by atoms with Gasteiger partial charge in [-0.1, -0.05) is 0 Å². The Morgan fingerprint density at radius 1 is 1.32 bits per heavy atom. The molecule has 1 N–H and O–H groups in total. The molecule has 106 valence electrons. The quantitative estimate of drug-likeness (QED) is 0.799. The monoisotopic (exact) mass is 272 g/mol. The number of alkyl halides is 2. The maximum absolute atomic E-state index is 14.4. The van der Waals surface area contributed by atoms with Gasteiger partial charge in [0.2, 0.25) is 0 Å². The molecule has 0 radical (unpaired) electrons. The van der Waals surface area contributed by atoms with Gasteiger partial charge in [-0.2, -0.15) is 8.78 Å². The van der Waals surface area contributed by atoms with Gasteiger partial charge in [0.25, 0.3) is 0 Å². The summed E-state index contributed by atoms with van der Waals surface area (Å²) in [6.07, 6.45) is 3.13. The summed E-state index contributed by atoms with van der Waals surface area (Å²) in [6, 6.07) is 0. The van der Waals surface area contributed by atoms with E-state index in [0.29, 0.717) is 25.2 Å². The lowest BCUT2D eigenvalue weighted by atomic mass is 9.59. The smallest absolute Gasteiger partial charge is 0.380 e. The number of carbonyl (C=O) groups excluding carboxylic acids is 1. The summed E-state index contributed by atoms with van der Waals surface area (Å²) >= 11 is 0. The highest BCUT2D eigenvalue weighted by atomic mass is 19.3. The molecule has 6 atom stereocenters. The van der Waals surface area contributed by atoms with Gasteiger partial charge in [-0.25, -0.2) is 4.79 Å². The van der Waals surface area contributed by atoms with Crippen molar-refractivity contribution in [3.05, 3.63) is 0 Å². The molecule has 0 aromatic carbocycles. The van der Waals surface area contributed by atoms with Crippen molar-refractivity contribution >= 4 is 5.97 Å². The highest BCUT2D eigenvalue weighted by molar-refractivity contribution is 5.79. The Balaban J connectivity index is 1.69. The second kappa shape index (κ2) is 3.13. The third-order valence-electron chi connectivity index (χ3n) is 6.43. The van der Waals surface area contributed by atoms with Gasteiger partial charge in [-0.3, -0.25) is 0 Å². The molecule has 4 rings (SSSR count). The number of esters is 1. The molecule has 3 nitrogen and oxygen atoms in total. The third-order valence-corrected chi connectivity index (χ3v) is 6.43. The van der Waals surface area contributed by atoms with E-state index in [1.807, 2.05) is 0 Å². The maximum Gasteiger partial charge on any atom is 0.380 e. The lowest BCUT2D eigenvalue weighted by Gasteiger charge is -2.48. The zero-order chi connectivity index (χ0) is 13.6. The Morgan fingerprint density at radius 3 is 2.74 bits per heavy atom. The topological polar surface area (TPSA) is 46.5 Å². The molecule has 4 fully saturated rings. The predicted molar refractivity (Wildman–Crippen MR) is 61.4 cm³/mol. The first-order valence-corrected chi connectivity index (χ1v) is 7.15. The van der Waals surface area contributed by atoms with Crippen LogP contribution in [0, 0.1) is 29.1 Å². The van der Waals surface area contributed by atoms with Crippen LogP contribution < -0.4 is 0 Å². The van der Waals surface area contributed by atoms with Crippen LogP contribution in [-0.4, -0.2) is 29.2 Å². The van der Waals surface area contributed by atoms with Gasteiger partial charge in [0.1, 0.15) is 5.60 Å². The standard InChI is InChI=1S/C14H18F2O3/c1-2-19-11(17)14(15,16)13(18)7-3-8-5-12(8)6-10(13)9(12)4-7/h7-10,18H,2-6H2,1H3. The van der Waals surface area contributed by atoms with E-state index < -0.39 is 29.3 Å². The minimum atomic E-state index is -3.77. The van der Waals surface area contributed by atoms with Crippen LogP contribution in [0.4, 0.5) is 8.78 Å². The minimum Gasteiger partial charge on any atom is -0.461 e. The molecule has 4 aliphatic rings. The molecule has 0 amide bonds. The summed E-state index contributed by atoms with van der Waals surface area (Å²) in [4.78, 5) is 11.6. The highest BCUT2D eigenvalue weighted by Gasteiger charge is 2.84. The van der Waals surface area contributed by atoms with Crippen LogP contribution in [0.5, 0.6) is 0 Å². The SMILES string of the molecule is CCOC(=O)C(F)(F)C1(O)C2CC3CC34CC1C4C2. The normalized spacial score (nSPS) is 53.3. The van der Waals surface area contributed by atoms with Gasteiger partial charge >= 0.3 is 11.9 Å². The van der Waals surface area contributed by atoms with E-state index in [4.69, 9.17) is 0 Å². The number of hydrogen-bond donors (Lipinski definition) is 1. The van der Waals surface area contributed by atoms with Crippen molar-refractivity contribution in [2.75, 3.05) is 6.61 Å². The molecule has 6 unspecified atom stereocenters. The van der Waals surface area contributed by atoms with Gasteiger partial charge in [0, 0.05) is 0 Å². The third kappa shape index (κ3) is 1.08. The molecule has 4 aliphatic carbocycles. The fraction of sp³-hybridized carbons (Fsp3) is 0.929. The number of hydrogen-bond acceptors (Lipinski definition) is 3. The number of halogens is 2. The molecule has 0 heterocycles. The summed E-state index contributed by atoms with van der Waals surface area (Å²) in [5.74, 6) is -5.46. The lowest BCUT2D eigenvalue weighted by molar-refractivity contribution is -0.242. The van der Waals surface area contributed by atoms with E-state index in [2.05, 4.69) is 4.74 Å². The molecule has 0 saturated heterocycles. The van der Waals surface area contributed by atoms with Crippen LogP contribution in [0.2, 0.25) is 0 Å². The summed E-state index contributed by atoms with van der Waals surface area (Å²) in [5.41, 5.74) is -1.90. The van der Waals surface area contributed by atoms with E-state index in [9.17, 15) is 18.7 Å². The summed E-state index contributed by atoms with van der Waals surface area (Å²) < 4.78 is 33.3. The molecule has 5 heteroatoms.